The SMILES string of the molecule is CC(=O)N[C@@H]1[C@@H](O)[C@H](O[C@H]2O[C@@H](C)[C@H](O)[C@@H](O[C@@H]3O[C@H](C(=O)O)[C@@H](O)[C@H](O)[C@H]3O)[C@H]2O)[C@@H](CO)O[C@H]1O. The molecule has 3 aliphatic rings. The number of carbonyl (C=O) groups is 2. The van der Waals surface area contributed by atoms with Crippen molar-refractivity contribution >= 4 is 11.9 Å². The molecule has 3 fully saturated rings. The third kappa shape index (κ3) is 6.19. The maximum Gasteiger partial charge on any atom is 0.335 e. The van der Waals surface area contributed by atoms with Gasteiger partial charge >= 0.3 is 5.97 Å². The molecule has 0 aromatic heterocycles. The molecule has 0 spiro atoms. The van der Waals surface area contributed by atoms with Crippen LogP contribution in [0.3, 0.4) is 0 Å². The van der Waals surface area contributed by atoms with Crippen LogP contribution in [0.5, 0.6) is 0 Å². The molecule has 1 amide bonds. The van der Waals surface area contributed by atoms with Gasteiger partial charge in [0.15, 0.2) is 25.0 Å². The molecule has 37 heavy (non-hydrogen) atoms. The van der Waals surface area contributed by atoms with E-state index < -0.39 is 111 Å². The van der Waals surface area contributed by atoms with Gasteiger partial charge in [-0.15, -0.1) is 0 Å². The van der Waals surface area contributed by atoms with Gasteiger partial charge in [-0.1, -0.05) is 0 Å². The van der Waals surface area contributed by atoms with E-state index in [0.717, 1.165) is 6.92 Å². The first-order valence-electron chi connectivity index (χ1n) is 11.4. The lowest BCUT2D eigenvalue weighted by molar-refractivity contribution is -0.369. The zero-order chi connectivity index (χ0) is 27.8. The fraction of sp³-hybridized carbons (Fsp3) is 0.900. The molecule has 3 aliphatic heterocycles. The summed E-state index contributed by atoms with van der Waals surface area (Å²) in [6.07, 6.45) is -24.1. The van der Waals surface area contributed by atoms with Gasteiger partial charge in [0.05, 0.1) is 12.7 Å². The summed E-state index contributed by atoms with van der Waals surface area (Å²) < 4.78 is 26.7. The molecule has 17 nitrogen and oxygen atoms in total. The summed E-state index contributed by atoms with van der Waals surface area (Å²) in [6, 6.07) is -1.38. The van der Waals surface area contributed by atoms with E-state index in [-0.39, 0.29) is 0 Å². The average molecular weight is 543 g/mol. The number of rotatable bonds is 7. The van der Waals surface area contributed by atoms with Gasteiger partial charge in [-0.25, -0.2) is 4.79 Å². The van der Waals surface area contributed by atoms with E-state index >= 15 is 0 Å². The van der Waals surface area contributed by atoms with E-state index in [4.69, 9.17) is 23.7 Å². The van der Waals surface area contributed by atoms with E-state index in [1.54, 1.807) is 0 Å². The van der Waals surface area contributed by atoms with E-state index in [9.17, 15) is 55.5 Å². The van der Waals surface area contributed by atoms with Gasteiger partial charge < -0.3 is 75.0 Å². The van der Waals surface area contributed by atoms with Crippen molar-refractivity contribution in [3.05, 3.63) is 0 Å². The smallest absolute Gasteiger partial charge is 0.335 e. The number of aliphatic hydroxyl groups is 8. The molecular weight excluding hydrogens is 510 g/mol. The van der Waals surface area contributed by atoms with Crippen molar-refractivity contribution in [3.63, 3.8) is 0 Å². The first-order valence-corrected chi connectivity index (χ1v) is 11.4. The van der Waals surface area contributed by atoms with Gasteiger partial charge in [-0.3, -0.25) is 4.79 Å². The van der Waals surface area contributed by atoms with Crippen LogP contribution in [0.2, 0.25) is 0 Å². The molecule has 0 aromatic rings. The summed E-state index contributed by atoms with van der Waals surface area (Å²) in [5.41, 5.74) is 0. The number of amides is 1. The third-order valence-corrected chi connectivity index (χ3v) is 6.42. The summed E-state index contributed by atoms with van der Waals surface area (Å²) in [5.74, 6) is -2.29. The number of ether oxygens (including phenoxy) is 5. The highest BCUT2D eigenvalue weighted by Crippen LogP contribution is 2.32. The lowest BCUT2D eigenvalue weighted by atomic mass is 9.95. The predicted octanol–water partition coefficient (Wildman–Crippen LogP) is -6.31. The number of aliphatic carboxylic acids is 1. The average Bonchev–Trinajstić information content (AvgIpc) is 2.83. The van der Waals surface area contributed by atoms with Crippen LogP contribution in [0.15, 0.2) is 0 Å². The van der Waals surface area contributed by atoms with Crippen LogP contribution >= 0.6 is 0 Å². The highest BCUT2D eigenvalue weighted by Gasteiger charge is 2.53. The monoisotopic (exact) mass is 543 g/mol. The number of hydrogen-bond donors (Lipinski definition) is 10. The molecule has 0 unspecified atom stereocenters. The Morgan fingerprint density at radius 2 is 1.38 bits per heavy atom. The van der Waals surface area contributed by atoms with Gasteiger partial charge in [0.2, 0.25) is 5.91 Å². The normalized spacial score (nSPS) is 48.9. The van der Waals surface area contributed by atoms with Crippen LogP contribution in [0, 0.1) is 0 Å². The van der Waals surface area contributed by atoms with Crippen molar-refractivity contribution in [2.45, 2.75) is 106 Å². The van der Waals surface area contributed by atoms with E-state index in [2.05, 4.69) is 5.32 Å². The Hall–Kier alpha value is -1.58. The molecule has 0 saturated carbocycles. The Balaban J connectivity index is 1.78. The maximum absolute atomic E-state index is 11.5. The third-order valence-electron chi connectivity index (χ3n) is 6.42. The van der Waals surface area contributed by atoms with E-state index in [1.165, 1.54) is 6.92 Å². The summed E-state index contributed by atoms with van der Waals surface area (Å²) in [7, 11) is 0. The minimum Gasteiger partial charge on any atom is -0.479 e. The molecule has 0 aliphatic carbocycles. The number of nitrogens with one attached hydrogen (secondary N) is 1. The van der Waals surface area contributed by atoms with E-state index in [0.29, 0.717) is 0 Å². The largest absolute Gasteiger partial charge is 0.479 e. The zero-order valence-corrected chi connectivity index (χ0v) is 19.8. The Morgan fingerprint density at radius 1 is 0.784 bits per heavy atom. The standard InChI is InChI=1S/C20H33NO16/c1-4-8(24)15(36-19-12(28)10(26)11(27)16(37-19)17(30)31)13(29)20(33-4)35-14-6(3-22)34-18(32)7(9(14)25)21-5(2)23/h4,6-16,18-20,22,24-29,32H,3H2,1-2H3,(H,21,23)(H,30,31)/t4-,6+,7+,8-,9+,10-,11-,12+,13+,14+,15+,16-,18+,19+,20+/m0/s1. The van der Waals surface area contributed by atoms with Crippen molar-refractivity contribution in [3.8, 4) is 0 Å². The van der Waals surface area contributed by atoms with E-state index in [1.807, 2.05) is 0 Å². The van der Waals surface area contributed by atoms with Crippen molar-refractivity contribution < 1.29 is 79.2 Å². The van der Waals surface area contributed by atoms with Gasteiger partial charge in [0, 0.05) is 6.92 Å². The first kappa shape index (κ1) is 30.0. The molecule has 3 saturated heterocycles. The molecule has 3 heterocycles. The molecule has 17 heteroatoms. The fourth-order valence-electron chi connectivity index (χ4n) is 4.38. The van der Waals surface area contributed by atoms with Crippen molar-refractivity contribution in [1.29, 1.82) is 0 Å². The summed E-state index contributed by atoms with van der Waals surface area (Å²) in [5, 5.41) is 93.4. The second-order valence-electron chi connectivity index (χ2n) is 9.09. The predicted molar refractivity (Wildman–Crippen MR) is 112 cm³/mol. The Labute approximate surface area is 209 Å². The molecular formula is C20H33NO16. The molecule has 0 bridgehead atoms. The Kier molecular flexibility index (Phi) is 9.78. The number of carboxylic acid groups (broad SMARTS) is 1. The van der Waals surface area contributed by atoms with Gasteiger partial charge in [-0.2, -0.15) is 0 Å². The lowest BCUT2D eigenvalue weighted by Crippen LogP contribution is -2.67. The van der Waals surface area contributed by atoms with Crippen molar-refractivity contribution in [1.82, 2.24) is 5.32 Å². The fourth-order valence-corrected chi connectivity index (χ4v) is 4.38. The minimum absolute atomic E-state index is 0.620. The van der Waals surface area contributed by atoms with Crippen LogP contribution in [-0.2, 0) is 33.3 Å². The first-order chi connectivity index (χ1) is 17.3. The van der Waals surface area contributed by atoms with Crippen LogP contribution in [0.25, 0.3) is 0 Å². The molecule has 214 valence electrons. The molecule has 0 aromatic carbocycles. The molecule has 15 atom stereocenters. The van der Waals surface area contributed by atoms with Crippen LogP contribution < -0.4 is 5.32 Å². The molecule has 10 N–H and O–H groups in total. The molecule has 0 radical (unpaired) electrons. The number of carbonyl (C=O) groups excluding carboxylic acids is 1. The topological polar surface area (TPSA) is 274 Å². The number of carboxylic acids is 1. The zero-order valence-electron chi connectivity index (χ0n) is 19.8. The van der Waals surface area contributed by atoms with Gasteiger partial charge in [-0.05, 0) is 6.92 Å². The Bertz CT molecular complexity index is 802. The van der Waals surface area contributed by atoms with Crippen molar-refractivity contribution in [2.24, 2.45) is 0 Å². The summed E-state index contributed by atoms with van der Waals surface area (Å²) >= 11 is 0. The minimum atomic E-state index is -2.00. The summed E-state index contributed by atoms with van der Waals surface area (Å²) in [6.45, 7) is 1.71. The lowest BCUT2D eigenvalue weighted by Gasteiger charge is -2.48. The van der Waals surface area contributed by atoms with Crippen LogP contribution in [-0.4, -0.2) is 156 Å². The summed E-state index contributed by atoms with van der Waals surface area (Å²) in [4.78, 5) is 22.8. The van der Waals surface area contributed by atoms with Gasteiger partial charge in [0.25, 0.3) is 0 Å². The Morgan fingerprint density at radius 3 is 1.95 bits per heavy atom. The van der Waals surface area contributed by atoms with Crippen molar-refractivity contribution in [2.75, 3.05) is 6.61 Å². The quantitative estimate of drug-likeness (QED) is 0.143. The number of aliphatic hydroxyl groups excluding tert-OH is 8. The van der Waals surface area contributed by atoms with Gasteiger partial charge in [0.1, 0.15) is 61.0 Å². The van der Waals surface area contributed by atoms with Crippen LogP contribution in [0.1, 0.15) is 13.8 Å². The highest BCUT2D eigenvalue weighted by atomic mass is 16.7. The van der Waals surface area contributed by atoms with Crippen LogP contribution in [0.4, 0.5) is 0 Å². The molecule has 3 rings (SSSR count). The maximum atomic E-state index is 11.5. The number of hydrogen-bond acceptors (Lipinski definition) is 15. The second-order valence-corrected chi connectivity index (χ2v) is 9.09. The highest BCUT2D eigenvalue weighted by molar-refractivity contribution is 5.73. The second kappa shape index (κ2) is 12.1.